The van der Waals surface area contributed by atoms with E-state index in [-0.39, 0.29) is 17.9 Å². The van der Waals surface area contributed by atoms with E-state index in [4.69, 9.17) is 0 Å². The lowest BCUT2D eigenvalue weighted by Gasteiger charge is -2.19. The number of rotatable bonds is 7. The number of nitrogens with zero attached hydrogens (tertiary/aromatic N) is 1. The quantitative estimate of drug-likeness (QED) is 0.733. The zero-order chi connectivity index (χ0) is 19.9. The van der Waals surface area contributed by atoms with E-state index in [9.17, 15) is 9.59 Å². The third-order valence-corrected chi connectivity index (χ3v) is 6.02. The van der Waals surface area contributed by atoms with Gasteiger partial charge in [-0.05, 0) is 36.6 Å². The molecule has 148 valence electrons. The van der Waals surface area contributed by atoms with Gasteiger partial charge in [-0.25, -0.2) is 4.79 Å². The summed E-state index contributed by atoms with van der Waals surface area (Å²) in [5, 5.41) is 5.84. The van der Waals surface area contributed by atoms with E-state index < -0.39 is 0 Å². The van der Waals surface area contributed by atoms with Crippen molar-refractivity contribution < 1.29 is 9.59 Å². The van der Waals surface area contributed by atoms with Gasteiger partial charge >= 0.3 is 6.03 Å². The summed E-state index contributed by atoms with van der Waals surface area (Å²) in [4.78, 5) is 26.5. The summed E-state index contributed by atoms with van der Waals surface area (Å²) < 4.78 is 0. The number of urea groups is 1. The molecular weight excluding hydrogens is 370 g/mol. The van der Waals surface area contributed by atoms with Gasteiger partial charge in [-0.3, -0.25) is 9.69 Å². The van der Waals surface area contributed by atoms with Gasteiger partial charge in [0, 0.05) is 36.2 Å². The van der Waals surface area contributed by atoms with Gasteiger partial charge in [-0.2, -0.15) is 11.8 Å². The van der Waals surface area contributed by atoms with Crippen molar-refractivity contribution in [3.05, 3.63) is 59.7 Å². The molecule has 1 heterocycles. The Morgan fingerprint density at radius 2 is 1.96 bits per heavy atom. The molecule has 1 atom stereocenters. The van der Waals surface area contributed by atoms with Gasteiger partial charge in [-0.15, -0.1) is 0 Å². The molecule has 0 aliphatic carbocycles. The van der Waals surface area contributed by atoms with Crippen molar-refractivity contribution in [1.82, 2.24) is 5.32 Å². The Kier molecular flexibility index (Phi) is 6.98. The molecule has 0 saturated carbocycles. The van der Waals surface area contributed by atoms with Crippen LogP contribution in [0.25, 0.3) is 0 Å². The summed E-state index contributed by atoms with van der Waals surface area (Å²) in [5.74, 6) is 1.57. The van der Waals surface area contributed by atoms with Crippen LogP contribution in [0.1, 0.15) is 25.0 Å². The van der Waals surface area contributed by atoms with E-state index in [0.29, 0.717) is 13.1 Å². The molecule has 2 aromatic rings. The van der Waals surface area contributed by atoms with Crippen molar-refractivity contribution in [2.45, 2.75) is 26.0 Å². The van der Waals surface area contributed by atoms with E-state index in [1.54, 1.807) is 16.7 Å². The fraction of sp³-hybridized carbons (Fsp3) is 0.364. The second-order valence-electron chi connectivity index (χ2n) is 6.97. The number of fused-ring (bicyclic) bond motifs is 1. The van der Waals surface area contributed by atoms with Crippen LogP contribution in [0.3, 0.4) is 0 Å². The first-order valence-corrected chi connectivity index (χ1v) is 10.8. The van der Waals surface area contributed by atoms with Gasteiger partial charge in [0.2, 0.25) is 5.91 Å². The Bertz CT molecular complexity index is 826. The highest BCUT2D eigenvalue weighted by molar-refractivity contribution is 7.98. The van der Waals surface area contributed by atoms with Crippen LogP contribution in [0.5, 0.6) is 0 Å². The van der Waals surface area contributed by atoms with Gasteiger partial charge in [0.1, 0.15) is 0 Å². The molecule has 0 fully saturated rings. The molecule has 1 aliphatic rings. The summed E-state index contributed by atoms with van der Waals surface area (Å²) in [6.45, 7) is 5.12. The predicted octanol–water partition coefficient (Wildman–Crippen LogP) is 4.29. The largest absolute Gasteiger partial charge is 0.338 e. The average Bonchev–Trinajstić information content (AvgIpc) is 3.12. The number of hydrogen-bond donors (Lipinski definition) is 2. The van der Waals surface area contributed by atoms with Crippen LogP contribution in [-0.4, -0.2) is 30.8 Å². The number of amides is 3. The van der Waals surface area contributed by atoms with Crippen LogP contribution in [0.4, 0.5) is 16.2 Å². The average molecular weight is 398 g/mol. The van der Waals surface area contributed by atoms with Crippen LogP contribution in [0.15, 0.2) is 48.5 Å². The molecule has 6 heteroatoms. The molecule has 3 amide bonds. The van der Waals surface area contributed by atoms with Gasteiger partial charge in [0.15, 0.2) is 0 Å². The number of anilines is 2. The van der Waals surface area contributed by atoms with E-state index in [1.807, 2.05) is 50.2 Å². The van der Waals surface area contributed by atoms with Crippen LogP contribution >= 0.6 is 11.8 Å². The highest BCUT2D eigenvalue weighted by Crippen LogP contribution is 2.31. The second-order valence-corrected chi connectivity index (χ2v) is 8.00. The molecule has 0 radical (unpaired) electrons. The first kappa shape index (κ1) is 20.3. The van der Waals surface area contributed by atoms with E-state index in [0.717, 1.165) is 34.9 Å². The van der Waals surface area contributed by atoms with Gasteiger partial charge in [0.25, 0.3) is 0 Å². The van der Waals surface area contributed by atoms with Crippen molar-refractivity contribution in [3.63, 3.8) is 0 Å². The van der Waals surface area contributed by atoms with E-state index in [1.165, 1.54) is 5.56 Å². The maximum atomic E-state index is 12.6. The third kappa shape index (κ3) is 5.07. The summed E-state index contributed by atoms with van der Waals surface area (Å²) in [6, 6.07) is 16.0. The number of benzene rings is 2. The minimum Gasteiger partial charge on any atom is -0.338 e. The lowest BCUT2D eigenvalue weighted by molar-refractivity contribution is -0.118. The Morgan fingerprint density at radius 1 is 1.18 bits per heavy atom. The standard InChI is InChI=1S/C22H27N3O2S/c1-3-23-22(27)25-12-11-18-9-10-19(13-20(18)25)24-21(26)16(2)14-28-15-17-7-5-4-6-8-17/h4-10,13,16H,3,11-12,14-15H2,1-2H3,(H,23,27)(H,24,26)/t16-/m1/s1. The normalized spacial score (nSPS) is 13.7. The SMILES string of the molecule is CCNC(=O)N1CCc2ccc(NC(=O)[C@H](C)CSCc3ccccc3)cc21. The zero-order valence-corrected chi connectivity index (χ0v) is 17.2. The second kappa shape index (κ2) is 9.64. The number of nitrogens with one attached hydrogen (secondary N) is 2. The Labute approximate surface area is 170 Å². The molecule has 0 spiro atoms. The highest BCUT2D eigenvalue weighted by atomic mass is 32.2. The number of carbonyl (C=O) groups is 2. The molecule has 5 nitrogen and oxygen atoms in total. The monoisotopic (exact) mass is 397 g/mol. The molecule has 0 bridgehead atoms. The van der Waals surface area contributed by atoms with Crippen molar-refractivity contribution in [2.24, 2.45) is 5.92 Å². The van der Waals surface area contributed by atoms with E-state index >= 15 is 0 Å². The molecule has 2 N–H and O–H groups in total. The van der Waals surface area contributed by atoms with Crippen LogP contribution < -0.4 is 15.5 Å². The van der Waals surface area contributed by atoms with Crippen molar-refractivity contribution in [3.8, 4) is 0 Å². The minimum atomic E-state index is -0.0959. The zero-order valence-electron chi connectivity index (χ0n) is 16.4. The third-order valence-electron chi connectivity index (χ3n) is 4.75. The smallest absolute Gasteiger partial charge is 0.321 e. The fourth-order valence-electron chi connectivity index (χ4n) is 3.18. The van der Waals surface area contributed by atoms with Gasteiger partial charge < -0.3 is 10.6 Å². The maximum Gasteiger partial charge on any atom is 0.321 e. The molecule has 28 heavy (non-hydrogen) atoms. The molecule has 0 saturated heterocycles. The summed E-state index contributed by atoms with van der Waals surface area (Å²) in [7, 11) is 0. The van der Waals surface area contributed by atoms with Crippen molar-refractivity contribution in [2.75, 3.05) is 29.1 Å². The van der Waals surface area contributed by atoms with Crippen LogP contribution in [0, 0.1) is 5.92 Å². The van der Waals surface area contributed by atoms with Crippen LogP contribution in [-0.2, 0) is 17.0 Å². The molecule has 2 aromatic carbocycles. The number of hydrogen-bond acceptors (Lipinski definition) is 3. The minimum absolute atomic E-state index is 0.00284. The lowest BCUT2D eigenvalue weighted by atomic mass is 10.1. The van der Waals surface area contributed by atoms with Crippen molar-refractivity contribution >= 4 is 35.1 Å². The Morgan fingerprint density at radius 3 is 2.71 bits per heavy atom. The summed E-state index contributed by atoms with van der Waals surface area (Å²) in [6.07, 6.45) is 0.840. The summed E-state index contributed by atoms with van der Waals surface area (Å²) in [5.41, 5.74) is 4.02. The first-order chi connectivity index (χ1) is 13.6. The molecule has 1 aliphatic heterocycles. The maximum absolute atomic E-state index is 12.6. The number of thioether (sulfide) groups is 1. The predicted molar refractivity (Wildman–Crippen MR) is 117 cm³/mol. The molecule has 0 unspecified atom stereocenters. The van der Waals surface area contributed by atoms with E-state index in [2.05, 4.69) is 22.8 Å². The topological polar surface area (TPSA) is 61.4 Å². The Balaban J connectivity index is 1.55. The van der Waals surface area contributed by atoms with Crippen LogP contribution in [0.2, 0.25) is 0 Å². The first-order valence-electron chi connectivity index (χ1n) is 9.69. The van der Waals surface area contributed by atoms with Gasteiger partial charge in [-0.1, -0.05) is 43.3 Å². The van der Waals surface area contributed by atoms with Gasteiger partial charge in [0.05, 0.1) is 5.69 Å². The molecule has 3 rings (SSSR count). The molecule has 0 aromatic heterocycles. The fourth-order valence-corrected chi connectivity index (χ4v) is 4.23. The van der Waals surface area contributed by atoms with Crippen molar-refractivity contribution in [1.29, 1.82) is 0 Å². The Hall–Kier alpha value is -2.47. The lowest BCUT2D eigenvalue weighted by Crippen LogP contribution is -2.38. The summed E-state index contributed by atoms with van der Waals surface area (Å²) >= 11 is 1.76. The highest BCUT2D eigenvalue weighted by Gasteiger charge is 2.25. The number of carbonyl (C=O) groups excluding carboxylic acids is 2. The molecular formula is C22H27N3O2S.